The normalized spacial score (nSPS) is 16.8. The molecule has 1 aliphatic heterocycles. The molecule has 0 N–H and O–H groups in total. The summed E-state index contributed by atoms with van der Waals surface area (Å²) in [6.07, 6.45) is 3.68. The average Bonchev–Trinajstić information content (AvgIpc) is 2.10. The lowest BCUT2D eigenvalue weighted by Gasteiger charge is -2.24. The average molecular weight is 157 g/mol. The molecule has 0 spiro atoms. The van der Waals surface area contributed by atoms with Gasteiger partial charge >= 0.3 is 0 Å². The van der Waals surface area contributed by atoms with Crippen LogP contribution in [-0.2, 0) is 4.79 Å². The van der Waals surface area contributed by atoms with Crippen LogP contribution in [0.15, 0.2) is 0 Å². The van der Waals surface area contributed by atoms with Gasteiger partial charge in [-0.15, -0.1) is 0 Å². The Morgan fingerprint density at radius 2 is 1.55 bits per heavy atom. The van der Waals surface area contributed by atoms with E-state index in [0.29, 0.717) is 0 Å². The Bertz CT molecular complexity index is 106. The molecule has 1 amide bonds. The van der Waals surface area contributed by atoms with Gasteiger partial charge < -0.3 is 4.90 Å². The SMILES string of the molecule is CC.CC(=O)N1CCCCC1. The highest BCUT2D eigenvalue weighted by Gasteiger charge is 2.10. The molecule has 2 heteroatoms. The van der Waals surface area contributed by atoms with Crippen LogP contribution >= 0.6 is 0 Å². The largest absolute Gasteiger partial charge is 0.343 e. The Labute approximate surface area is 69.6 Å². The molecule has 0 aromatic heterocycles. The highest BCUT2D eigenvalue weighted by atomic mass is 16.2. The van der Waals surface area contributed by atoms with Gasteiger partial charge in [0.25, 0.3) is 0 Å². The van der Waals surface area contributed by atoms with Crippen LogP contribution < -0.4 is 0 Å². The molecule has 1 rings (SSSR count). The summed E-state index contributed by atoms with van der Waals surface area (Å²) in [6, 6.07) is 0. The van der Waals surface area contributed by atoms with Gasteiger partial charge in [0.1, 0.15) is 0 Å². The lowest BCUT2D eigenvalue weighted by atomic mass is 10.1. The van der Waals surface area contributed by atoms with E-state index in [4.69, 9.17) is 0 Å². The highest BCUT2D eigenvalue weighted by molar-refractivity contribution is 5.73. The third-order valence-electron chi connectivity index (χ3n) is 1.80. The van der Waals surface area contributed by atoms with Crippen molar-refractivity contribution < 1.29 is 4.79 Å². The van der Waals surface area contributed by atoms with Crippen LogP contribution in [0.4, 0.5) is 0 Å². The number of carbonyl (C=O) groups excluding carboxylic acids is 1. The van der Waals surface area contributed by atoms with Crippen molar-refractivity contribution in [1.82, 2.24) is 4.90 Å². The second-order valence-corrected chi connectivity index (χ2v) is 2.57. The van der Waals surface area contributed by atoms with E-state index in [1.807, 2.05) is 18.7 Å². The zero-order valence-corrected chi connectivity index (χ0v) is 7.89. The second-order valence-electron chi connectivity index (χ2n) is 2.57. The molecule has 1 fully saturated rings. The summed E-state index contributed by atoms with van der Waals surface area (Å²) in [6.45, 7) is 7.61. The molecule has 0 radical (unpaired) electrons. The first-order valence-electron chi connectivity index (χ1n) is 4.56. The fraction of sp³-hybridized carbons (Fsp3) is 0.889. The molecule has 1 aliphatic rings. The van der Waals surface area contributed by atoms with Crippen molar-refractivity contribution in [3.8, 4) is 0 Å². The van der Waals surface area contributed by atoms with Gasteiger partial charge in [0.2, 0.25) is 5.91 Å². The summed E-state index contributed by atoms with van der Waals surface area (Å²) in [7, 11) is 0. The van der Waals surface area contributed by atoms with E-state index >= 15 is 0 Å². The van der Waals surface area contributed by atoms with Gasteiger partial charge in [0, 0.05) is 20.0 Å². The first-order valence-corrected chi connectivity index (χ1v) is 4.56. The summed E-state index contributed by atoms with van der Waals surface area (Å²) in [4.78, 5) is 12.6. The van der Waals surface area contributed by atoms with Crippen molar-refractivity contribution >= 4 is 5.91 Å². The van der Waals surface area contributed by atoms with Crippen molar-refractivity contribution in [2.45, 2.75) is 40.0 Å². The summed E-state index contributed by atoms with van der Waals surface area (Å²) in [5.74, 6) is 0.231. The van der Waals surface area contributed by atoms with Crippen molar-refractivity contribution in [2.24, 2.45) is 0 Å². The quantitative estimate of drug-likeness (QED) is 0.527. The minimum absolute atomic E-state index is 0.231. The Kier molecular flexibility index (Phi) is 5.90. The summed E-state index contributed by atoms with van der Waals surface area (Å²) < 4.78 is 0. The molecule has 0 unspecified atom stereocenters. The third kappa shape index (κ3) is 4.02. The predicted octanol–water partition coefficient (Wildman–Crippen LogP) is 2.04. The number of amides is 1. The highest BCUT2D eigenvalue weighted by Crippen LogP contribution is 2.07. The maximum atomic E-state index is 10.7. The van der Waals surface area contributed by atoms with E-state index in [1.165, 1.54) is 19.3 Å². The van der Waals surface area contributed by atoms with Gasteiger partial charge in [-0.2, -0.15) is 0 Å². The van der Waals surface area contributed by atoms with Crippen molar-refractivity contribution in [1.29, 1.82) is 0 Å². The Hall–Kier alpha value is -0.530. The van der Waals surface area contributed by atoms with Crippen LogP contribution in [0.2, 0.25) is 0 Å². The molecule has 0 aliphatic carbocycles. The molecule has 0 saturated carbocycles. The molecule has 1 heterocycles. The van der Waals surface area contributed by atoms with Gasteiger partial charge in [-0.05, 0) is 19.3 Å². The number of nitrogens with zero attached hydrogens (tertiary/aromatic N) is 1. The molecule has 11 heavy (non-hydrogen) atoms. The Balaban J connectivity index is 0.000000461. The van der Waals surface area contributed by atoms with E-state index in [9.17, 15) is 4.79 Å². The molecule has 1 saturated heterocycles. The monoisotopic (exact) mass is 157 g/mol. The molecule has 0 aromatic carbocycles. The number of carbonyl (C=O) groups is 1. The van der Waals surface area contributed by atoms with Crippen molar-refractivity contribution in [3.05, 3.63) is 0 Å². The number of hydrogen-bond acceptors (Lipinski definition) is 1. The van der Waals surface area contributed by atoms with E-state index in [1.54, 1.807) is 6.92 Å². The topological polar surface area (TPSA) is 20.3 Å². The fourth-order valence-corrected chi connectivity index (χ4v) is 1.21. The lowest BCUT2D eigenvalue weighted by Crippen LogP contribution is -2.33. The number of hydrogen-bond donors (Lipinski definition) is 0. The van der Waals surface area contributed by atoms with Crippen LogP contribution in [0.1, 0.15) is 40.0 Å². The van der Waals surface area contributed by atoms with Gasteiger partial charge in [0.05, 0.1) is 0 Å². The minimum atomic E-state index is 0.231. The van der Waals surface area contributed by atoms with E-state index in [2.05, 4.69) is 0 Å². The number of rotatable bonds is 0. The predicted molar refractivity (Wildman–Crippen MR) is 47.5 cm³/mol. The van der Waals surface area contributed by atoms with Crippen LogP contribution in [0, 0.1) is 0 Å². The molecule has 2 nitrogen and oxygen atoms in total. The third-order valence-corrected chi connectivity index (χ3v) is 1.80. The maximum absolute atomic E-state index is 10.7. The number of likely N-dealkylation sites (tertiary alicyclic amines) is 1. The van der Waals surface area contributed by atoms with E-state index in [0.717, 1.165) is 13.1 Å². The Morgan fingerprint density at radius 3 is 1.82 bits per heavy atom. The van der Waals surface area contributed by atoms with Crippen LogP contribution in [0.25, 0.3) is 0 Å². The maximum Gasteiger partial charge on any atom is 0.219 e. The van der Waals surface area contributed by atoms with Crippen molar-refractivity contribution in [3.63, 3.8) is 0 Å². The van der Waals surface area contributed by atoms with Crippen LogP contribution in [0.5, 0.6) is 0 Å². The minimum Gasteiger partial charge on any atom is -0.343 e. The van der Waals surface area contributed by atoms with E-state index < -0.39 is 0 Å². The smallest absolute Gasteiger partial charge is 0.219 e. The van der Waals surface area contributed by atoms with E-state index in [-0.39, 0.29) is 5.91 Å². The van der Waals surface area contributed by atoms with Crippen LogP contribution in [0.3, 0.4) is 0 Å². The molecule has 0 aromatic rings. The number of piperidine rings is 1. The zero-order valence-electron chi connectivity index (χ0n) is 7.89. The Morgan fingerprint density at radius 1 is 1.09 bits per heavy atom. The fourth-order valence-electron chi connectivity index (χ4n) is 1.21. The molecular weight excluding hydrogens is 138 g/mol. The zero-order chi connectivity index (χ0) is 8.69. The van der Waals surface area contributed by atoms with Crippen LogP contribution in [-0.4, -0.2) is 23.9 Å². The summed E-state index contributed by atoms with van der Waals surface area (Å²) >= 11 is 0. The summed E-state index contributed by atoms with van der Waals surface area (Å²) in [5.41, 5.74) is 0. The first-order chi connectivity index (χ1) is 5.30. The molecular formula is C9H19NO. The van der Waals surface area contributed by atoms with Gasteiger partial charge in [0.15, 0.2) is 0 Å². The lowest BCUT2D eigenvalue weighted by molar-refractivity contribution is -0.129. The van der Waals surface area contributed by atoms with Gasteiger partial charge in [-0.1, -0.05) is 13.8 Å². The van der Waals surface area contributed by atoms with Crippen molar-refractivity contribution in [2.75, 3.05) is 13.1 Å². The second kappa shape index (κ2) is 6.20. The first kappa shape index (κ1) is 10.5. The van der Waals surface area contributed by atoms with Gasteiger partial charge in [-0.3, -0.25) is 4.79 Å². The van der Waals surface area contributed by atoms with Gasteiger partial charge in [-0.25, -0.2) is 0 Å². The molecule has 0 bridgehead atoms. The summed E-state index contributed by atoms with van der Waals surface area (Å²) in [5, 5.41) is 0. The standard InChI is InChI=1S/C7H13NO.C2H6/c1-7(9)8-5-3-2-4-6-8;1-2/h2-6H2,1H3;1-2H3. The molecule has 66 valence electrons. The molecule has 0 atom stereocenters.